The van der Waals surface area contributed by atoms with Crippen molar-refractivity contribution in [2.24, 2.45) is 0 Å². The third kappa shape index (κ3) is 2.37. The zero-order chi connectivity index (χ0) is 12.5. The summed E-state index contributed by atoms with van der Waals surface area (Å²) in [6.45, 7) is 10.6. The van der Waals surface area contributed by atoms with Gasteiger partial charge in [-0.25, -0.2) is 0 Å². The van der Waals surface area contributed by atoms with Crippen LogP contribution in [0.25, 0.3) is 11.0 Å². The highest BCUT2D eigenvalue weighted by Crippen LogP contribution is 2.32. The van der Waals surface area contributed by atoms with Gasteiger partial charge < -0.3 is 9.73 Å². The minimum absolute atomic E-state index is 0.118. The van der Waals surface area contributed by atoms with E-state index in [1.165, 1.54) is 16.5 Å². The molecule has 1 aromatic carbocycles. The summed E-state index contributed by atoms with van der Waals surface area (Å²) >= 11 is 0. The summed E-state index contributed by atoms with van der Waals surface area (Å²) in [5.41, 5.74) is 3.67. The summed E-state index contributed by atoms with van der Waals surface area (Å²) in [4.78, 5) is 0. The van der Waals surface area contributed by atoms with Gasteiger partial charge in [0, 0.05) is 23.1 Å². The maximum Gasteiger partial charge on any atom is 0.137 e. The van der Waals surface area contributed by atoms with Crippen molar-refractivity contribution in [2.75, 3.05) is 6.54 Å². The topological polar surface area (TPSA) is 25.2 Å². The van der Waals surface area contributed by atoms with Gasteiger partial charge in [0.25, 0.3) is 0 Å². The molecule has 0 radical (unpaired) electrons. The molecule has 2 nitrogen and oxygen atoms in total. The van der Waals surface area contributed by atoms with Crippen LogP contribution < -0.4 is 5.32 Å². The van der Waals surface area contributed by atoms with Gasteiger partial charge in [-0.3, -0.25) is 0 Å². The van der Waals surface area contributed by atoms with Gasteiger partial charge in [0.1, 0.15) is 5.58 Å². The maximum atomic E-state index is 5.76. The average Bonchev–Trinajstić information content (AvgIpc) is 2.67. The van der Waals surface area contributed by atoms with Gasteiger partial charge in [0.05, 0.1) is 6.26 Å². The number of fused-ring (bicyclic) bond motifs is 1. The summed E-state index contributed by atoms with van der Waals surface area (Å²) in [5.74, 6) is 0. The molecule has 0 unspecified atom stereocenters. The van der Waals surface area contributed by atoms with E-state index in [-0.39, 0.29) is 5.41 Å². The van der Waals surface area contributed by atoms with E-state index in [4.69, 9.17) is 4.42 Å². The fraction of sp³-hybridized carbons (Fsp3) is 0.467. The minimum Gasteiger partial charge on any atom is -0.464 e. The zero-order valence-corrected chi connectivity index (χ0v) is 11.1. The first-order valence-corrected chi connectivity index (χ1v) is 6.24. The van der Waals surface area contributed by atoms with Crippen LogP contribution in [0.15, 0.2) is 28.9 Å². The van der Waals surface area contributed by atoms with Gasteiger partial charge in [-0.05, 0) is 12.0 Å². The molecule has 0 atom stereocenters. The van der Waals surface area contributed by atoms with Crippen LogP contribution in [0.2, 0.25) is 0 Å². The monoisotopic (exact) mass is 231 g/mol. The molecule has 0 aliphatic heterocycles. The predicted octanol–water partition coefficient (Wildman–Crippen LogP) is 3.84. The Kier molecular flexibility index (Phi) is 3.25. The lowest BCUT2D eigenvalue weighted by Gasteiger charge is -2.18. The Balaban J connectivity index is 2.49. The van der Waals surface area contributed by atoms with Crippen molar-refractivity contribution in [1.82, 2.24) is 5.32 Å². The lowest BCUT2D eigenvalue weighted by molar-refractivity contribution is 0.556. The average molecular weight is 231 g/mol. The third-order valence-corrected chi connectivity index (χ3v) is 3.05. The molecular weight excluding hydrogens is 210 g/mol. The Morgan fingerprint density at radius 2 is 2.00 bits per heavy atom. The Morgan fingerprint density at radius 1 is 1.24 bits per heavy atom. The summed E-state index contributed by atoms with van der Waals surface area (Å²) < 4.78 is 5.76. The van der Waals surface area contributed by atoms with Crippen LogP contribution in [0.3, 0.4) is 0 Å². The Bertz CT molecular complexity index is 505. The number of hydrogen-bond acceptors (Lipinski definition) is 2. The Morgan fingerprint density at radius 3 is 2.65 bits per heavy atom. The molecule has 92 valence electrons. The van der Waals surface area contributed by atoms with Crippen LogP contribution in [-0.4, -0.2) is 6.54 Å². The standard InChI is InChI=1S/C15H21NO/c1-5-16-9-11-10-17-14-12(11)7-6-8-13(14)15(2,3)4/h6-8,10,16H,5,9H2,1-4H3. The second kappa shape index (κ2) is 4.53. The van der Waals surface area contributed by atoms with E-state index in [2.05, 4.69) is 51.2 Å². The maximum absolute atomic E-state index is 5.76. The SMILES string of the molecule is CCNCc1coc2c(C(C)(C)C)cccc12. The molecule has 0 aliphatic carbocycles. The number of benzene rings is 1. The molecule has 0 amide bonds. The molecule has 0 saturated heterocycles. The molecule has 0 bridgehead atoms. The molecule has 17 heavy (non-hydrogen) atoms. The normalized spacial score (nSPS) is 12.2. The smallest absolute Gasteiger partial charge is 0.137 e. The van der Waals surface area contributed by atoms with E-state index < -0.39 is 0 Å². The number of para-hydroxylation sites is 1. The number of rotatable bonds is 3. The first kappa shape index (κ1) is 12.2. The third-order valence-electron chi connectivity index (χ3n) is 3.05. The van der Waals surface area contributed by atoms with E-state index in [9.17, 15) is 0 Å². The van der Waals surface area contributed by atoms with E-state index in [0.717, 1.165) is 18.7 Å². The van der Waals surface area contributed by atoms with Gasteiger partial charge in [0.15, 0.2) is 0 Å². The van der Waals surface area contributed by atoms with Crippen LogP contribution >= 0.6 is 0 Å². The van der Waals surface area contributed by atoms with Crippen molar-refractivity contribution < 1.29 is 4.42 Å². The molecular formula is C15H21NO. The molecule has 0 saturated carbocycles. The summed E-state index contributed by atoms with van der Waals surface area (Å²) in [6.07, 6.45) is 1.88. The zero-order valence-electron chi connectivity index (χ0n) is 11.1. The van der Waals surface area contributed by atoms with Gasteiger partial charge in [-0.15, -0.1) is 0 Å². The summed E-state index contributed by atoms with van der Waals surface area (Å²) in [6, 6.07) is 6.41. The van der Waals surface area contributed by atoms with Gasteiger partial charge in [-0.1, -0.05) is 45.9 Å². The number of nitrogens with one attached hydrogen (secondary N) is 1. The summed E-state index contributed by atoms with van der Waals surface area (Å²) in [5, 5.41) is 4.58. The van der Waals surface area contributed by atoms with Gasteiger partial charge in [0.2, 0.25) is 0 Å². The van der Waals surface area contributed by atoms with E-state index in [1.807, 2.05) is 6.26 Å². The molecule has 0 aliphatic rings. The van der Waals surface area contributed by atoms with Crippen LogP contribution in [0.5, 0.6) is 0 Å². The second-order valence-electron chi connectivity index (χ2n) is 5.47. The predicted molar refractivity (Wildman–Crippen MR) is 72.3 cm³/mol. The lowest BCUT2D eigenvalue weighted by Crippen LogP contribution is -2.12. The Labute approximate surface area is 103 Å². The molecule has 2 aromatic rings. The van der Waals surface area contributed by atoms with Crippen molar-refractivity contribution in [1.29, 1.82) is 0 Å². The fourth-order valence-corrected chi connectivity index (χ4v) is 2.10. The minimum atomic E-state index is 0.118. The van der Waals surface area contributed by atoms with Gasteiger partial charge >= 0.3 is 0 Å². The lowest BCUT2D eigenvalue weighted by atomic mass is 9.86. The highest BCUT2D eigenvalue weighted by atomic mass is 16.3. The van der Waals surface area contributed by atoms with Crippen LogP contribution in [-0.2, 0) is 12.0 Å². The molecule has 0 fully saturated rings. The van der Waals surface area contributed by atoms with Crippen molar-refractivity contribution in [3.63, 3.8) is 0 Å². The summed E-state index contributed by atoms with van der Waals surface area (Å²) in [7, 11) is 0. The van der Waals surface area contributed by atoms with E-state index in [0.29, 0.717) is 0 Å². The first-order chi connectivity index (χ1) is 8.04. The molecule has 1 aromatic heterocycles. The number of furan rings is 1. The molecule has 1 heterocycles. The van der Waals surface area contributed by atoms with Crippen molar-refractivity contribution in [3.05, 3.63) is 35.6 Å². The highest BCUT2D eigenvalue weighted by molar-refractivity contribution is 5.84. The van der Waals surface area contributed by atoms with Gasteiger partial charge in [-0.2, -0.15) is 0 Å². The van der Waals surface area contributed by atoms with Crippen molar-refractivity contribution in [3.8, 4) is 0 Å². The molecule has 2 heteroatoms. The largest absolute Gasteiger partial charge is 0.464 e. The molecule has 0 spiro atoms. The highest BCUT2D eigenvalue weighted by Gasteiger charge is 2.19. The van der Waals surface area contributed by atoms with Crippen molar-refractivity contribution >= 4 is 11.0 Å². The quantitative estimate of drug-likeness (QED) is 0.868. The Hall–Kier alpha value is -1.28. The number of hydrogen-bond donors (Lipinski definition) is 1. The van der Waals surface area contributed by atoms with Crippen LogP contribution in [0.1, 0.15) is 38.8 Å². The molecule has 1 N–H and O–H groups in total. The fourth-order valence-electron chi connectivity index (χ4n) is 2.10. The van der Waals surface area contributed by atoms with Crippen LogP contribution in [0, 0.1) is 0 Å². The first-order valence-electron chi connectivity index (χ1n) is 6.24. The van der Waals surface area contributed by atoms with Crippen molar-refractivity contribution in [2.45, 2.75) is 39.7 Å². The second-order valence-corrected chi connectivity index (χ2v) is 5.47. The molecule has 2 rings (SSSR count). The van der Waals surface area contributed by atoms with E-state index in [1.54, 1.807) is 0 Å². The van der Waals surface area contributed by atoms with Crippen LogP contribution in [0.4, 0.5) is 0 Å². The van der Waals surface area contributed by atoms with E-state index >= 15 is 0 Å².